The van der Waals surface area contributed by atoms with E-state index in [9.17, 15) is 0 Å². The van der Waals surface area contributed by atoms with E-state index in [-0.39, 0.29) is 0 Å². The first-order valence-electron chi connectivity index (χ1n) is 5.79. The van der Waals surface area contributed by atoms with Gasteiger partial charge < -0.3 is 10.6 Å². The van der Waals surface area contributed by atoms with Crippen molar-refractivity contribution in [2.45, 2.75) is 11.8 Å². The third-order valence-electron chi connectivity index (χ3n) is 2.36. The fraction of sp³-hybridized carbons (Fsp3) is 0.231. The molecule has 0 saturated carbocycles. The maximum absolute atomic E-state index is 4.44. The second-order valence-corrected chi connectivity index (χ2v) is 4.49. The van der Waals surface area contributed by atoms with Crippen LogP contribution in [0.5, 0.6) is 0 Å². The molecule has 4 nitrogen and oxygen atoms in total. The minimum atomic E-state index is 0.745. The lowest BCUT2D eigenvalue weighted by Crippen LogP contribution is -2.02. The Bertz CT molecular complexity index is 516. The Kier molecular flexibility index (Phi) is 4.41. The number of anilines is 3. The highest BCUT2D eigenvalue weighted by Crippen LogP contribution is 2.27. The van der Waals surface area contributed by atoms with Crippen LogP contribution in [0.1, 0.15) is 6.92 Å². The molecule has 0 saturated heterocycles. The predicted molar refractivity (Wildman–Crippen MR) is 77.7 cm³/mol. The number of rotatable bonds is 5. The standard InChI is InChI=1S/C13H16N4S/c1-3-15-12-8-14-9-13(17-12)16-10-6-4-5-7-11(10)18-2/h4-9H,3H2,1-2H3,(H2,15,16,17). The fourth-order valence-electron chi connectivity index (χ4n) is 1.58. The van der Waals surface area contributed by atoms with Crippen molar-refractivity contribution in [3.05, 3.63) is 36.7 Å². The number of nitrogens with one attached hydrogen (secondary N) is 2. The second kappa shape index (κ2) is 6.26. The van der Waals surface area contributed by atoms with E-state index in [0.717, 1.165) is 23.9 Å². The van der Waals surface area contributed by atoms with Crippen molar-refractivity contribution in [3.8, 4) is 0 Å². The van der Waals surface area contributed by atoms with Gasteiger partial charge in [0.1, 0.15) is 5.82 Å². The van der Waals surface area contributed by atoms with Crippen molar-refractivity contribution in [3.63, 3.8) is 0 Å². The van der Waals surface area contributed by atoms with Crippen molar-refractivity contribution in [1.82, 2.24) is 9.97 Å². The summed E-state index contributed by atoms with van der Waals surface area (Å²) in [4.78, 5) is 9.79. The molecular weight excluding hydrogens is 244 g/mol. The zero-order valence-electron chi connectivity index (χ0n) is 10.5. The third-order valence-corrected chi connectivity index (χ3v) is 3.16. The number of nitrogens with zero attached hydrogens (tertiary/aromatic N) is 2. The number of benzene rings is 1. The van der Waals surface area contributed by atoms with Gasteiger partial charge in [0.25, 0.3) is 0 Å². The summed E-state index contributed by atoms with van der Waals surface area (Å²) in [6.07, 6.45) is 5.49. The van der Waals surface area contributed by atoms with Crippen LogP contribution in [0.25, 0.3) is 0 Å². The summed E-state index contributed by atoms with van der Waals surface area (Å²) < 4.78 is 0. The molecule has 0 aliphatic rings. The first kappa shape index (κ1) is 12.7. The molecule has 1 aromatic heterocycles. The highest BCUT2D eigenvalue weighted by molar-refractivity contribution is 7.98. The van der Waals surface area contributed by atoms with Crippen LogP contribution in [-0.4, -0.2) is 22.8 Å². The van der Waals surface area contributed by atoms with E-state index in [2.05, 4.69) is 32.9 Å². The number of para-hydroxylation sites is 1. The maximum atomic E-state index is 4.44. The number of hydrogen-bond donors (Lipinski definition) is 2. The highest BCUT2D eigenvalue weighted by Gasteiger charge is 2.02. The summed E-state index contributed by atoms with van der Waals surface area (Å²) in [5.74, 6) is 1.53. The van der Waals surface area contributed by atoms with Gasteiger partial charge in [0.2, 0.25) is 0 Å². The van der Waals surface area contributed by atoms with Crippen molar-refractivity contribution in [1.29, 1.82) is 0 Å². The third kappa shape index (κ3) is 3.13. The zero-order chi connectivity index (χ0) is 12.8. The van der Waals surface area contributed by atoms with E-state index in [1.165, 1.54) is 4.90 Å². The summed E-state index contributed by atoms with van der Waals surface area (Å²) >= 11 is 1.70. The highest BCUT2D eigenvalue weighted by atomic mass is 32.2. The van der Waals surface area contributed by atoms with E-state index in [1.807, 2.05) is 25.1 Å². The first-order chi connectivity index (χ1) is 8.83. The molecule has 2 N–H and O–H groups in total. The van der Waals surface area contributed by atoms with Gasteiger partial charge >= 0.3 is 0 Å². The molecular formula is C13H16N4S. The van der Waals surface area contributed by atoms with Gasteiger partial charge in [-0.3, -0.25) is 4.98 Å². The zero-order valence-corrected chi connectivity index (χ0v) is 11.3. The van der Waals surface area contributed by atoms with Crippen molar-refractivity contribution in [2.24, 2.45) is 0 Å². The molecule has 5 heteroatoms. The largest absolute Gasteiger partial charge is 0.369 e. The van der Waals surface area contributed by atoms with Gasteiger partial charge in [-0.25, -0.2) is 4.98 Å². The average Bonchev–Trinajstić information content (AvgIpc) is 2.40. The lowest BCUT2D eigenvalue weighted by molar-refractivity contribution is 1.12. The monoisotopic (exact) mass is 260 g/mol. The van der Waals surface area contributed by atoms with Gasteiger partial charge in [0.05, 0.1) is 18.1 Å². The Morgan fingerprint density at radius 1 is 1.17 bits per heavy atom. The molecule has 0 spiro atoms. The van der Waals surface area contributed by atoms with Gasteiger partial charge in [-0.15, -0.1) is 11.8 Å². The van der Waals surface area contributed by atoms with E-state index >= 15 is 0 Å². The van der Waals surface area contributed by atoms with Crippen molar-refractivity contribution < 1.29 is 0 Å². The van der Waals surface area contributed by atoms with Crippen LogP contribution >= 0.6 is 11.8 Å². The second-order valence-electron chi connectivity index (χ2n) is 3.65. The predicted octanol–water partition coefficient (Wildman–Crippen LogP) is 3.37. The number of hydrogen-bond acceptors (Lipinski definition) is 5. The molecule has 18 heavy (non-hydrogen) atoms. The molecule has 0 amide bonds. The van der Waals surface area contributed by atoms with Crippen LogP contribution in [-0.2, 0) is 0 Å². The Morgan fingerprint density at radius 2 is 1.94 bits per heavy atom. The smallest absolute Gasteiger partial charge is 0.151 e. The van der Waals surface area contributed by atoms with Gasteiger partial charge in [0.15, 0.2) is 5.82 Å². The topological polar surface area (TPSA) is 49.8 Å². The van der Waals surface area contributed by atoms with Gasteiger partial charge in [-0.2, -0.15) is 0 Å². The van der Waals surface area contributed by atoms with E-state index < -0.39 is 0 Å². The average molecular weight is 260 g/mol. The molecule has 0 aliphatic heterocycles. The SMILES string of the molecule is CCNc1cncc(Nc2ccccc2SC)n1. The van der Waals surface area contributed by atoms with Crippen LogP contribution < -0.4 is 10.6 Å². The molecule has 0 aliphatic carbocycles. The summed E-state index contributed by atoms with van der Waals surface area (Å²) in [7, 11) is 0. The Morgan fingerprint density at radius 3 is 2.72 bits per heavy atom. The lowest BCUT2D eigenvalue weighted by Gasteiger charge is -2.10. The van der Waals surface area contributed by atoms with Gasteiger partial charge in [-0.1, -0.05) is 12.1 Å². The summed E-state index contributed by atoms with van der Waals surface area (Å²) in [5, 5.41) is 6.43. The molecule has 2 aromatic rings. The van der Waals surface area contributed by atoms with Crippen LogP contribution in [0.4, 0.5) is 17.3 Å². The Hall–Kier alpha value is -1.75. The minimum Gasteiger partial charge on any atom is -0.369 e. The fourth-order valence-corrected chi connectivity index (χ4v) is 2.13. The first-order valence-corrected chi connectivity index (χ1v) is 7.02. The van der Waals surface area contributed by atoms with E-state index in [1.54, 1.807) is 24.2 Å². The summed E-state index contributed by atoms with van der Waals surface area (Å²) in [5.41, 5.74) is 1.05. The van der Waals surface area contributed by atoms with Gasteiger partial charge in [-0.05, 0) is 25.3 Å². The quantitative estimate of drug-likeness (QED) is 0.807. The van der Waals surface area contributed by atoms with E-state index in [4.69, 9.17) is 0 Å². The van der Waals surface area contributed by atoms with Crippen LogP contribution in [0.2, 0.25) is 0 Å². The molecule has 2 rings (SSSR count). The summed E-state index contributed by atoms with van der Waals surface area (Å²) in [6, 6.07) is 8.14. The summed E-state index contributed by atoms with van der Waals surface area (Å²) in [6.45, 7) is 2.87. The molecule has 0 fully saturated rings. The maximum Gasteiger partial charge on any atom is 0.151 e. The van der Waals surface area contributed by atoms with Crippen LogP contribution in [0, 0.1) is 0 Å². The minimum absolute atomic E-state index is 0.745. The molecule has 0 radical (unpaired) electrons. The molecule has 1 heterocycles. The molecule has 1 aromatic carbocycles. The molecule has 94 valence electrons. The molecule has 0 atom stereocenters. The Balaban J connectivity index is 2.20. The molecule has 0 unspecified atom stereocenters. The normalized spacial score (nSPS) is 10.1. The molecule has 0 bridgehead atoms. The number of aromatic nitrogens is 2. The van der Waals surface area contributed by atoms with Crippen molar-refractivity contribution >= 4 is 29.1 Å². The van der Waals surface area contributed by atoms with Crippen molar-refractivity contribution in [2.75, 3.05) is 23.4 Å². The van der Waals surface area contributed by atoms with Gasteiger partial charge in [0, 0.05) is 11.4 Å². The van der Waals surface area contributed by atoms with E-state index in [0.29, 0.717) is 0 Å². The number of thioether (sulfide) groups is 1. The Labute approximate surface area is 111 Å². The van der Waals surface area contributed by atoms with Crippen LogP contribution in [0.15, 0.2) is 41.6 Å². The van der Waals surface area contributed by atoms with Crippen LogP contribution in [0.3, 0.4) is 0 Å². The lowest BCUT2D eigenvalue weighted by atomic mass is 10.3.